The Kier molecular flexibility index (Phi) is 1.06. The van der Waals surface area contributed by atoms with Gasteiger partial charge in [-0.1, -0.05) is 0 Å². The van der Waals surface area contributed by atoms with E-state index in [0.717, 1.165) is 0 Å². The van der Waals surface area contributed by atoms with Crippen molar-refractivity contribution in [2.75, 3.05) is 0 Å². The first-order valence-electron chi connectivity index (χ1n) is 3.14. The Labute approximate surface area is 61.9 Å². The van der Waals surface area contributed by atoms with Gasteiger partial charge in [0.1, 0.15) is 6.33 Å². The van der Waals surface area contributed by atoms with Crippen molar-refractivity contribution >= 4 is 5.65 Å². The van der Waals surface area contributed by atoms with E-state index in [1.165, 1.54) is 15.4 Å². The molecule has 2 rings (SSSR count). The van der Waals surface area contributed by atoms with Crippen molar-refractivity contribution in [1.82, 2.24) is 19.2 Å². The number of hydrogen-bond acceptors (Lipinski definition) is 3. The molecule has 0 unspecified atom stereocenters. The third-order valence-corrected chi connectivity index (χ3v) is 1.50. The lowest BCUT2D eigenvalue weighted by atomic mass is 10.6. The molecule has 2 aromatic rings. The van der Waals surface area contributed by atoms with E-state index in [2.05, 4.69) is 10.1 Å². The van der Waals surface area contributed by atoms with E-state index >= 15 is 0 Å². The van der Waals surface area contributed by atoms with Crippen molar-refractivity contribution in [2.45, 2.75) is 0 Å². The highest BCUT2D eigenvalue weighted by Crippen LogP contribution is 1.89. The van der Waals surface area contributed by atoms with Crippen LogP contribution in [-0.2, 0) is 7.05 Å². The van der Waals surface area contributed by atoms with E-state index in [4.69, 9.17) is 0 Å². The van der Waals surface area contributed by atoms with Crippen LogP contribution < -0.4 is 5.69 Å². The number of aryl methyl sites for hydroxylation is 1. The average Bonchev–Trinajstić information content (AvgIpc) is 2.45. The molecule has 0 atom stereocenters. The van der Waals surface area contributed by atoms with Crippen LogP contribution in [-0.4, -0.2) is 19.2 Å². The van der Waals surface area contributed by atoms with Gasteiger partial charge >= 0.3 is 5.69 Å². The Morgan fingerprint density at radius 3 is 3.18 bits per heavy atom. The minimum atomic E-state index is -0.181. The predicted molar refractivity (Wildman–Crippen MR) is 38.2 cm³/mol. The Bertz CT molecular complexity index is 441. The summed E-state index contributed by atoms with van der Waals surface area (Å²) in [5.74, 6) is 0. The second-order valence-electron chi connectivity index (χ2n) is 2.24. The van der Waals surface area contributed by atoms with Gasteiger partial charge in [-0.2, -0.15) is 9.61 Å². The van der Waals surface area contributed by atoms with Gasteiger partial charge < -0.3 is 4.57 Å². The molecule has 0 radical (unpaired) electrons. The van der Waals surface area contributed by atoms with E-state index < -0.39 is 0 Å². The number of aromatic nitrogens is 4. The predicted octanol–water partition coefficient (Wildman–Crippen LogP) is -0.572. The maximum atomic E-state index is 11.2. The molecule has 0 aromatic carbocycles. The molecule has 2 aromatic heterocycles. The minimum absolute atomic E-state index is 0.181. The molecular formula is C6H6N4O. The van der Waals surface area contributed by atoms with E-state index in [1.54, 1.807) is 19.3 Å². The number of hydrogen-bond donors (Lipinski definition) is 0. The second-order valence-corrected chi connectivity index (χ2v) is 2.24. The molecule has 0 spiro atoms. The van der Waals surface area contributed by atoms with Crippen molar-refractivity contribution in [3.05, 3.63) is 29.1 Å². The molecule has 5 heteroatoms. The average molecular weight is 150 g/mol. The standard InChI is InChI=1S/C6H6N4O/c1-9-3-2-5-7-4-8-10(5)6(9)11/h2-4H,1H3. The van der Waals surface area contributed by atoms with Gasteiger partial charge in [-0.05, 0) is 6.07 Å². The van der Waals surface area contributed by atoms with Crippen molar-refractivity contribution in [2.24, 2.45) is 7.05 Å². The van der Waals surface area contributed by atoms with E-state index in [1.807, 2.05) is 0 Å². The lowest BCUT2D eigenvalue weighted by molar-refractivity contribution is 0.743. The summed E-state index contributed by atoms with van der Waals surface area (Å²) in [6.07, 6.45) is 3.02. The SMILES string of the molecule is Cn1ccc2ncnn2c1=O. The second kappa shape index (κ2) is 1.91. The fraction of sp³-hybridized carbons (Fsp3) is 0.167. The zero-order chi connectivity index (χ0) is 7.84. The molecule has 5 nitrogen and oxygen atoms in total. The first kappa shape index (κ1) is 6.09. The van der Waals surface area contributed by atoms with Gasteiger partial charge in [-0.25, -0.2) is 9.78 Å². The van der Waals surface area contributed by atoms with Crippen LogP contribution in [0.5, 0.6) is 0 Å². The van der Waals surface area contributed by atoms with Crippen molar-refractivity contribution in [1.29, 1.82) is 0 Å². The first-order chi connectivity index (χ1) is 5.29. The highest BCUT2D eigenvalue weighted by Gasteiger charge is 1.98. The van der Waals surface area contributed by atoms with Gasteiger partial charge in [0.2, 0.25) is 0 Å². The summed E-state index contributed by atoms with van der Waals surface area (Å²) in [5, 5.41) is 3.75. The van der Waals surface area contributed by atoms with E-state index in [-0.39, 0.29) is 5.69 Å². The molecule has 0 N–H and O–H groups in total. The Morgan fingerprint density at radius 1 is 1.55 bits per heavy atom. The smallest absolute Gasteiger partial charge is 0.302 e. The van der Waals surface area contributed by atoms with Gasteiger partial charge in [0.05, 0.1) is 0 Å². The lowest BCUT2D eigenvalue weighted by Crippen LogP contribution is -2.23. The van der Waals surface area contributed by atoms with Gasteiger partial charge in [0.25, 0.3) is 0 Å². The Balaban J connectivity index is 3.05. The monoisotopic (exact) mass is 150 g/mol. The third-order valence-electron chi connectivity index (χ3n) is 1.50. The number of rotatable bonds is 0. The molecule has 0 saturated heterocycles. The summed E-state index contributed by atoms with van der Waals surface area (Å²) < 4.78 is 2.70. The molecule has 0 aliphatic carbocycles. The van der Waals surface area contributed by atoms with Gasteiger partial charge in [-0.3, -0.25) is 0 Å². The number of fused-ring (bicyclic) bond motifs is 1. The van der Waals surface area contributed by atoms with Gasteiger partial charge in [-0.15, -0.1) is 0 Å². The fourth-order valence-electron chi connectivity index (χ4n) is 0.903. The zero-order valence-corrected chi connectivity index (χ0v) is 5.93. The summed E-state index contributed by atoms with van der Waals surface area (Å²) in [5.41, 5.74) is 0.396. The van der Waals surface area contributed by atoms with Crippen molar-refractivity contribution in [3.63, 3.8) is 0 Å². The summed E-state index contributed by atoms with van der Waals surface area (Å²) in [6, 6.07) is 1.73. The fourth-order valence-corrected chi connectivity index (χ4v) is 0.903. The highest BCUT2D eigenvalue weighted by atomic mass is 16.1. The normalized spacial score (nSPS) is 10.6. The van der Waals surface area contributed by atoms with Crippen LogP contribution in [0, 0.1) is 0 Å². The Hall–Kier alpha value is -1.65. The highest BCUT2D eigenvalue weighted by molar-refractivity contribution is 5.32. The maximum absolute atomic E-state index is 11.2. The van der Waals surface area contributed by atoms with Gasteiger partial charge in [0.15, 0.2) is 5.65 Å². The quantitative estimate of drug-likeness (QED) is 0.505. The first-order valence-corrected chi connectivity index (χ1v) is 3.14. The third kappa shape index (κ3) is 0.739. The topological polar surface area (TPSA) is 52.2 Å². The zero-order valence-electron chi connectivity index (χ0n) is 5.93. The molecule has 0 saturated carbocycles. The molecule has 0 amide bonds. The van der Waals surface area contributed by atoms with Gasteiger partial charge in [0, 0.05) is 13.2 Å². The van der Waals surface area contributed by atoms with Crippen LogP contribution in [0.4, 0.5) is 0 Å². The molecular weight excluding hydrogens is 144 g/mol. The summed E-state index contributed by atoms with van der Waals surface area (Å²) in [6.45, 7) is 0. The molecule has 11 heavy (non-hydrogen) atoms. The molecule has 0 fully saturated rings. The number of nitrogens with zero attached hydrogens (tertiary/aromatic N) is 4. The van der Waals surface area contributed by atoms with Crippen LogP contribution in [0.3, 0.4) is 0 Å². The van der Waals surface area contributed by atoms with E-state index in [0.29, 0.717) is 5.65 Å². The molecule has 0 aliphatic rings. The molecule has 56 valence electrons. The van der Waals surface area contributed by atoms with Crippen LogP contribution in [0.1, 0.15) is 0 Å². The summed E-state index contributed by atoms with van der Waals surface area (Å²) in [7, 11) is 1.67. The van der Waals surface area contributed by atoms with E-state index in [9.17, 15) is 4.79 Å². The van der Waals surface area contributed by atoms with Crippen molar-refractivity contribution in [3.8, 4) is 0 Å². The summed E-state index contributed by atoms with van der Waals surface area (Å²) in [4.78, 5) is 15.1. The maximum Gasteiger partial charge on any atom is 0.350 e. The molecule has 0 aliphatic heterocycles. The molecule has 2 heterocycles. The largest absolute Gasteiger partial charge is 0.350 e. The van der Waals surface area contributed by atoms with Crippen LogP contribution in [0.25, 0.3) is 5.65 Å². The van der Waals surface area contributed by atoms with Crippen LogP contribution in [0.15, 0.2) is 23.4 Å². The minimum Gasteiger partial charge on any atom is -0.302 e. The molecule has 0 bridgehead atoms. The lowest BCUT2D eigenvalue weighted by Gasteiger charge is -1.94. The summed E-state index contributed by atoms with van der Waals surface area (Å²) >= 11 is 0. The van der Waals surface area contributed by atoms with Crippen molar-refractivity contribution < 1.29 is 0 Å². The van der Waals surface area contributed by atoms with Crippen LogP contribution >= 0.6 is 0 Å². The Morgan fingerprint density at radius 2 is 2.36 bits per heavy atom. The van der Waals surface area contributed by atoms with Crippen LogP contribution in [0.2, 0.25) is 0 Å².